The molecule has 4 nitrogen and oxygen atoms in total. The number of anilines is 1. The van der Waals surface area contributed by atoms with E-state index >= 15 is 0 Å². The Labute approximate surface area is 109 Å². The standard InChI is InChI=1S/C13H13ClN2O2/c14-6-1-4-10-9(5-6)12(17)7-2-3-8(13(15)18)11(7)16-10/h1,4-5,7-8,11,16H,2-3H2,(H2,15,18)/t7-,8+,11-/m0/s1. The zero-order valence-electron chi connectivity index (χ0n) is 9.65. The van der Waals surface area contributed by atoms with Gasteiger partial charge in [0.2, 0.25) is 5.91 Å². The van der Waals surface area contributed by atoms with Crippen LogP contribution in [0.2, 0.25) is 5.02 Å². The number of hydrogen-bond acceptors (Lipinski definition) is 3. The summed E-state index contributed by atoms with van der Waals surface area (Å²) in [4.78, 5) is 23.7. The fraction of sp³-hybridized carbons (Fsp3) is 0.385. The molecule has 0 spiro atoms. The first-order valence-electron chi connectivity index (χ1n) is 5.97. The molecule has 0 bridgehead atoms. The van der Waals surface area contributed by atoms with Gasteiger partial charge in [0.1, 0.15) is 0 Å². The van der Waals surface area contributed by atoms with E-state index in [2.05, 4.69) is 5.32 Å². The Morgan fingerprint density at radius 1 is 1.39 bits per heavy atom. The highest BCUT2D eigenvalue weighted by Gasteiger charge is 2.46. The lowest BCUT2D eigenvalue weighted by Gasteiger charge is -2.31. The number of carbonyl (C=O) groups is 2. The van der Waals surface area contributed by atoms with Crippen LogP contribution in [0.4, 0.5) is 5.69 Å². The second-order valence-electron chi connectivity index (χ2n) is 4.92. The molecular weight excluding hydrogens is 252 g/mol. The van der Waals surface area contributed by atoms with Gasteiger partial charge in [0.25, 0.3) is 0 Å². The zero-order valence-corrected chi connectivity index (χ0v) is 10.4. The number of fused-ring (bicyclic) bond motifs is 2. The number of carbonyl (C=O) groups excluding carboxylic acids is 2. The predicted molar refractivity (Wildman–Crippen MR) is 68.6 cm³/mol. The molecule has 94 valence electrons. The van der Waals surface area contributed by atoms with Crippen LogP contribution in [0.1, 0.15) is 23.2 Å². The number of hydrogen-bond donors (Lipinski definition) is 2. The summed E-state index contributed by atoms with van der Waals surface area (Å²) in [6, 6.07) is 5.03. The van der Waals surface area contributed by atoms with Crippen molar-refractivity contribution in [3.05, 3.63) is 28.8 Å². The van der Waals surface area contributed by atoms with E-state index in [1.807, 2.05) is 0 Å². The molecule has 1 aromatic carbocycles. The van der Waals surface area contributed by atoms with Gasteiger partial charge in [-0.1, -0.05) is 11.6 Å². The largest absolute Gasteiger partial charge is 0.380 e. The summed E-state index contributed by atoms with van der Waals surface area (Å²) in [7, 11) is 0. The van der Waals surface area contributed by atoms with E-state index in [-0.39, 0.29) is 29.6 Å². The topological polar surface area (TPSA) is 72.2 Å². The molecule has 3 rings (SSSR count). The van der Waals surface area contributed by atoms with Crippen molar-refractivity contribution in [2.45, 2.75) is 18.9 Å². The Bertz CT molecular complexity index is 544. The van der Waals surface area contributed by atoms with Gasteiger partial charge < -0.3 is 11.1 Å². The van der Waals surface area contributed by atoms with Gasteiger partial charge in [-0.15, -0.1) is 0 Å². The van der Waals surface area contributed by atoms with E-state index in [1.54, 1.807) is 18.2 Å². The van der Waals surface area contributed by atoms with Crippen molar-refractivity contribution in [1.82, 2.24) is 0 Å². The lowest BCUT2D eigenvalue weighted by atomic mass is 9.85. The summed E-state index contributed by atoms with van der Waals surface area (Å²) >= 11 is 5.91. The van der Waals surface area contributed by atoms with Crippen LogP contribution in [0.5, 0.6) is 0 Å². The number of halogens is 1. The van der Waals surface area contributed by atoms with E-state index in [9.17, 15) is 9.59 Å². The Hall–Kier alpha value is -1.55. The molecule has 0 aromatic heterocycles. The third-order valence-corrected chi connectivity index (χ3v) is 4.16. The second kappa shape index (κ2) is 3.99. The van der Waals surface area contributed by atoms with Crippen LogP contribution in [-0.4, -0.2) is 17.7 Å². The average Bonchev–Trinajstić information content (AvgIpc) is 2.74. The normalized spacial score (nSPS) is 29.4. The van der Waals surface area contributed by atoms with Crippen LogP contribution in [0.25, 0.3) is 0 Å². The number of nitrogens with one attached hydrogen (secondary N) is 1. The van der Waals surface area contributed by atoms with Crippen molar-refractivity contribution in [3.8, 4) is 0 Å². The smallest absolute Gasteiger partial charge is 0.222 e. The molecule has 1 heterocycles. The van der Waals surface area contributed by atoms with Crippen molar-refractivity contribution in [3.63, 3.8) is 0 Å². The minimum Gasteiger partial charge on any atom is -0.380 e. The van der Waals surface area contributed by atoms with Crippen LogP contribution in [0.15, 0.2) is 18.2 Å². The molecule has 3 atom stereocenters. The minimum absolute atomic E-state index is 0.0694. The van der Waals surface area contributed by atoms with Gasteiger partial charge >= 0.3 is 0 Å². The fourth-order valence-electron chi connectivity index (χ4n) is 3.04. The Morgan fingerprint density at radius 3 is 2.89 bits per heavy atom. The van der Waals surface area contributed by atoms with Crippen LogP contribution in [0, 0.1) is 11.8 Å². The summed E-state index contributed by atoms with van der Waals surface area (Å²) in [6.07, 6.45) is 1.38. The molecule has 2 aliphatic rings. The van der Waals surface area contributed by atoms with Gasteiger partial charge in [0.15, 0.2) is 5.78 Å². The number of nitrogens with two attached hydrogens (primary N) is 1. The highest BCUT2D eigenvalue weighted by molar-refractivity contribution is 6.31. The average molecular weight is 265 g/mol. The number of ketones is 1. The molecule has 1 saturated carbocycles. The van der Waals surface area contributed by atoms with E-state index in [4.69, 9.17) is 17.3 Å². The number of rotatable bonds is 1. The molecule has 0 unspecified atom stereocenters. The molecule has 1 aliphatic heterocycles. The van der Waals surface area contributed by atoms with E-state index in [0.717, 1.165) is 5.69 Å². The van der Waals surface area contributed by atoms with Gasteiger partial charge in [0, 0.05) is 28.2 Å². The molecule has 1 fully saturated rings. The summed E-state index contributed by atoms with van der Waals surface area (Å²) in [5.41, 5.74) is 6.75. The molecule has 3 N–H and O–H groups in total. The number of Topliss-reactive ketones (excluding diaryl/α,β-unsaturated/α-hetero) is 1. The summed E-state index contributed by atoms with van der Waals surface area (Å²) in [6.45, 7) is 0. The first kappa shape index (κ1) is 11.5. The quantitative estimate of drug-likeness (QED) is 0.813. The monoisotopic (exact) mass is 264 g/mol. The molecular formula is C13H13ClN2O2. The van der Waals surface area contributed by atoms with Crippen molar-refractivity contribution in [2.24, 2.45) is 17.6 Å². The van der Waals surface area contributed by atoms with Gasteiger partial charge in [-0.3, -0.25) is 9.59 Å². The molecule has 0 radical (unpaired) electrons. The zero-order chi connectivity index (χ0) is 12.9. The second-order valence-corrected chi connectivity index (χ2v) is 5.35. The van der Waals surface area contributed by atoms with Crippen molar-refractivity contribution in [1.29, 1.82) is 0 Å². The van der Waals surface area contributed by atoms with Gasteiger partial charge in [-0.05, 0) is 31.0 Å². The van der Waals surface area contributed by atoms with Crippen molar-refractivity contribution >= 4 is 29.0 Å². The number of benzene rings is 1. The number of primary amides is 1. The Balaban J connectivity index is 2.02. The number of amides is 1. The van der Waals surface area contributed by atoms with Crippen LogP contribution < -0.4 is 11.1 Å². The fourth-order valence-corrected chi connectivity index (χ4v) is 3.21. The SMILES string of the molecule is NC(=O)[C@@H]1CC[C@@H]2C(=O)c3cc(Cl)ccc3N[C@@H]21. The van der Waals surface area contributed by atoms with Crippen LogP contribution in [0.3, 0.4) is 0 Å². The Morgan fingerprint density at radius 2 is 2.17 bits per heavy atom. The van der Waals surface area contributed by atoms with Gasteiger partial charge in [-0.25, -0.2) is 0 Å². The van der Waals surface area contributed by atoms with E-state index < -0.39 is 0 Å². The van der Waals surface area contributed by atoms with Crippen LogP contribution >= 0.6 is 11.6 Å². The Kier molecular flexibility index (Phi) is 2.55. The van der Waals surface area contributed by atoms with Crippen LogP contribution in [-0.2, 0) is 4.79 Å². The third-order valence-electron chi connectivity index (χ3n) is 3.93. The summed E-state index contributed by atoms with van der Waals surface area (Å²) in [5.74, 6) is -0.684. The lowest BCUT2D eigenvalue weighted by Crippen LogP contribution is -2.43. The first-order chi connectivity index (χ1) is 8.58. The van der Waals surface area contributed by atoms with Gasteiger partial charge in [-0.2, -0.15) is 0 Å². The molecule has 1 aliphatic carbocycles. The molecule has 18 heavy (non-hydrogen) atoms. The summed E-state index contributed by atoms with van der Waals surface area (Å²) in [5, 5.41) is 3.82. The predicted octanol–water partition coefficient (Wildman–Crippen LogP) is 1.83. The van der Waals surface area contributed by atoms with Crippen molar-refractivity contribution < 1.29 is 9.59 Å². The van der Waals surface area contributed by atoms with E-state index in [1.165, 1.54) is 0 Å². The maximum absolute atomic E-state index is 12.4. The maximum Gasteiger partial charge on any atom is 0.222 e. The molecule has 1 amide bonds. The molecule has 5 heteroatoms. The lowest BCUT2D eigenvalue weighted by molar-refractivity contribution is -0.121. The summed E-state index contributed by atoms with van der Waals surface area (Å²) < 4.78 is 0. The van der Waals surface area contributed by atoms with Crippen molar-refractivity contribution in [2.75, 3.05) is 5.32 Å². The molecule has 1 aromatic rings. The third kappa shape index (κ3) is 1.60. The van der Waals surface area contributed by atoms with E-state index in [0.29, 0.717) is 23.4 Å². The first-order valence-corrected chi connectivity index (χ1v) is 6.35. The van der Waals surface area contributed by atoms with Gasteiger partial charge in [0.05, 0.1) is 5.92 Å². The highest BCUT2D eigenvalue weighted by Crippen LogP contribution is 2.41. The minimum atomic E-state index is -0.333. The molecule has 0 saturated heterocycles. The highest BCUT2D eigenvalue weighted by atomic mass is 35.5. The maximum atomic E-state index is 12.4.